The van der Waals surface area contributed by atoms with E-state index >= 15 is 0 Å². The molecule has 1 saturated heterocycles. The van der Waals surface area contributed by atoms with Crippen LogP contribution in [0.5, 0.6) is 0 Å². The fraction of sp³-hybridized carbons (Fsp3) is 0.273. The maximum Gasteiger partial charge on any atom is 0.398 e. The molecule has 34 heavy (non-hydrogen) atoms. The summed E-state index contributed by atoms with van der Waals surface area (Å²) in [6.45, 7) is 0. The van der Waals surface area contributed by atoms with E-state index in [1.807, 2.05) is 5.32 Å². The molecule has 12 heteroatoms. The second kappa shape index (κ2) is 8.19. The molecule has 0 aromatic heterocycles. The summed E-state index contributed by atoms with van der Waals surface area (Å²) in [7, 11) is 0. The molecule has 2 aromatic rings. The molecule has 0 aliphatic carbocycles. The standard InChI is InChI=1S/C22H16F5N3O4/c23-10-2-4-12(14(24)8-10)17(22(25,26)27)18-13-7-9(19(28)32)1-3-11(13)21(34)30(18)15-5-6-16(31)29-20(15)33/h1-4,7-8,15,17-18H,5-6H2,(H2,28,32)(H,29,31,33)/t15?,17-,18?/m1/s1. The van der Waals surface area contributed by atoms with Gasteiger partial charge in [-0.25, -0.2) is 8.78 Å². The average Bonchev–Trinajstić information content (AvgIpc) is 3.00. The van der Waals surface area contributed by atoms with E-state index in [9.17, 15) is 41.1 Å². The molecule has 0 radical (unpaired) electrons. The van der Waals surface area contributed by atoms with E-state index in [-0.39, 0.29) is 35.6 Å². The van der Waals surface area contributed by atoms with Crippen molar-refractivity contribution in [2.75, 3.05) is 0 Å². The maximum absolute atomic E-state index is 14.6. The Labute approximate surface area is 188 Å². The minimum atomic E-state index is -5.17. The summed E-state index contributed by atoms with van der Waals surface area (Å²) in [5.74, 6) is -8.94. The third-order valence-electron chi connectivity index (χ3n) is 5.93. The van der Waals surface area contributed by atoms with Crippen molar-refractivity contribution in [3.05, 3.63) is 70.3 Å². The van der Waals surface area contributed by atoms with Crippen molar-refractivity contribution in [3.8, 4) is 0 Å². The van der Waals surface area contributed by atoms with Crippen molar-refractivity contribution >= 4 is 23.6 Å². The Morgan fingerprint density at radius 2 is 1.79 bits per heavy atom. The Morgan fingerprint density at radius 1 is 1.09 bits per heavy atom. The molecule has 2 aromatic carbocycles. The van der Waals surface area contributed by atoms with Crippen LogP contribution in [-0.2, 0) is 9.59 Å². The molecule has 3 N–H and O–H groups in total. The van der Waals surface area contributed by atoms with Gasteiger partial charge < -0.3 is 10.6 Å². The first-order valence-electron chi connectivity index (χ1n) is 10.0. The van der Waals surface area contributed by atoms with Gasteiger partial charge in [0.2, 0.25) is 17.7 Å². The number of alkyl halides is 3. The van der Waals surface area contributed by atoms with Gasteiger partial charge in [0.1, 0.15) is 23.6 Å². The topological polar surface area (TPSA) is 110 Å². The molecule has 2 unspecified atom stereocenters. The molecule has 3 atom stereocenters. The molecule has 0 saturated carbocycles. The zero-order valence-corrected chi connectivity index (χ0v) is 17.2. The van der Waals surface area contributed by atoms with Gasteiger partial charge in [0.15, 0.2) is 0 Å². The molecule has 1 fully saturated rings. The van der Waals surface area contributed by atoms with E-state index in [1.54, 1.807) is 0 Å². The van der Waals surface area contributed by atoms with Gasteiger partial charge in [0, 0.05) is 29.2 Å². The Bertz CT molecular complexity index is 1230. The lowest BCUT2D eigenvalue weighted by Gasteiger charge is -2.39. The van der Waals surface area contributed by atoms with Crippen molar-refractivity contribution in [3.63, 3.8) is 0 Å². The summed E-state index contributed by atoms with van der Waals surface area (Å²) in [4.78, 5) is 49.7. The first-order valence-corrected chi connectivity index (χ1v) is 10.0. The third kappa shape index (κ3) is 3.88. The third-order valence-corrected chi connectivity index (χ3v) is 5.93. The number of nitrogens with two attached hydrogens (primary N) is 1. The fourth-order valence-electron chi connectivity index (χ4n) is 4.47. The zero-order valence-electron chi connectivity index (χ0n) is 17.2. The molecule has 2 aliphatic heterocycles. The fourth-order valence-corrected chi connectivity index (χ4v) is 4.47. The highest BCUT2D eigenvalue weighted by molar-refractivity contribution is 6.06. The quantitative estimate of drug-likeness (QED) is 0.517. The van der Waals surface area contributed by atoms with Gasteiger partial charge in [-0.2, -0.15) is 13.2 Å². The van der Waals surface area contributed by atoms with Gasteiger partial charge in [0.05, 0.1) is 6.04 Å². The number of carbonyl (C=O) groups excluding carboxylic acids is 4. The number of nitrogens with one attached hydrogen (secondary N) is 1. The molecule has 0 spiro atoms. The predicted octanol–water partition coefficient (Wildman–Crippen LogP) is 2.71. The summed E-state index contributed by atoms with van der Waals surface area (Å²) < 4.78 is 71.5. The van der Waals surface area contributed by atoms with Gasteiger partial charge in [-0.05, 0) is 36.2 Å². The van der Waals surface area contributed by atoms with E-state index in [0.717, 1.165) is 18.2 Å². The van der Waals surface area contributed by atoms with Gasteiger partial charge in [-0.3, -0.25) is 24.5 Å². The number of halogens is 5. The largest absolute Gasteiger partial charge is 0.398 e. The van der Waals surface area contributed by atoms with Gasteiger partial charge in [-0.15, -0.1) is 0 Å². The predicted molar refractivity (Wildman–Crippen MR) is 105 cm³/mol. The highest BCUT2D eigenvalue weighted by atomic mass is 19.4. The summed E-state index contributed by atoms with van der Waals surface area (Å²) in [6, 6.07) is 1.31. The Balaban J connectivity index is 1.96. The van der Waals surface area contributed by atoms with Crippen LogP contribution >= 0.6 is 0 Å². The average molecular weight is 481 g/mol. The molecule has 7 nitrogen and oxygen atoms in total. The van der Waals surface area contributed by atoms with Crippen molar-refractivity contribution in [1.29, 1.82) is 0 Å². The van der Waals surface area contributed by atoms with Crippen LogP contribution in [0, 0.1) is 11.6 Å². The molecule has 2 heterocycles. The van der Waals surface area contributed by atoms with E-state index in [2.05, 4.69) is 0 Å². The Hall–Kier alpha value is -3.83. The lowest BCUT2D eigenvalue weighted by atomic mass is 9.84. The number of rotatable bonds is 4. The lowest BCUT2D eigenvalue weighted by molar-refractivity contribution is -0.167. The summed E-state index contributed by atoms with van der Waals surface area (Å²) in [6.07, 6.45) is -5.68. The molecule has 4 amide bonds. The van der Waals surface area contributed by atoms with Crippen LogP contribution < -0.4 is 11.1 Å². The van der Waals surface area contributed by atoms with Crippen LogP contribution in [-0.4, -0.2) is 40.7 Å². The second-order valence-electron chi connectivity index (χ2n) is 7.98. The summed E-state index contributed by atoms with van der Waals surface area (Å²) in [5, 5.41) is 1.99. The van der Waals surface area contributed by atoms with E-state index < -0.39 is 65.0 Å². The summed E-state index contributed by atoms with van der Waals surface area (Å²) >= 11 is 0. The van der Waals surface area contributed by atoms with Crippen LogP contribution in [0.25, 0.3) is 0 Å². The van der Waals surface area contributed by atoms with Crippen LogP contribution in [0.4, 0.5) is 22.0 Å². The monoisotopic (exact) mass is 481 g/mol. The lowest BCUT2D eigenvalue weighted by Crippen LogP contribution is -2.54. The number of nitrogens with zero attached hydrogens (tertiary/aromatic N) is 1. The number of benzene rings is 2. The minimum Gasteiger partial charge on any atom is -0.366 e. The van der Waals surface area contributed by atoms with Gasteiger partial charge in [0.25, 0.3) is 5.91 Å². The van der Waals surface area contributed by atoms with Crippen molar-refractivity contribution < 1.29 is 41.1 Å². The number of piperidine rings is 1. The van der Waals surface area contributed by atoms with Gasteiger partial charge in [-0.1, -0.05) is 6.07 Å². The smallest absolute Gasteiger partial charge is 0.366 e. The molecule has 2 aliphatic rings. The maximum atomic E-state index is 14.6. The number of amides is 4. The van der Waals surface area contributed by atoms with Crippen molar-refractivity contribution in [2.45, 2.75) is 37.0 Å². The zero-order chi connectivity index (χ0) is 24.9. The number of primary amides is 1. The van der Waals surface area contributed by atoms with E-state index in [4.69, 9.17) is 5.73 Å². The van der Waals surface area contributed by atoms with Crippen molar-refractivity contribution in [2.24, 2.45) is 5.73 Å². The highest BCUT2D eigenvalue weighted by Crippen LogP contribution is 2.52. The molecular formula is C22H16F5N3O4. The summed E-state index contributed by atoms with van der Waals surface area (Å²) in [5.41, 5.74) is 3.56. The highest BCUT2D eigenvalue weighted by Gasteiger charge is 2.56. The first kappa shape index (κ1) is 23.3. The molecular weight excluding hydrogens is 465 g/mol. The number of hydrogen-bond donors (Lipinski definition) is 2. The molecule has 0 bridgehead atoms. The molecule has 4 rings (SSSR count). The van der Waals surface area contributed by atoms with E-state index in [1.165, 1.54) is 0 Å². The SMILES string of the molecule is NC(=O)c1ccc2c(c1)C([C@@H](c1ccc(F)cc1F)C(F)(F)F)N(C1CCC(=O)NC1=O)C2=O. The van der Waals surface area contributed by atoms with Crippen LogP contribution in [0.2, 0.25) is 0 Å². The van der Waals surface area contributed by atoms with Crippen molar-refractivity contribution in [1.82, 2.24) is 10.2 Å². The minimum absolute atomic E-state index is 0.206. The number of fused-ring (bicyclic) bond motifs is 1. The Kier molecular flexibility index (Phi) is 5.62. The van der Waals surface area contributed by atoms with Crippen LogP contribution in [0.3, 0.4) is 0 Å². The second-order valence-corrected chi connectivity index (χ2v) is 7.98. The number of imide groups is 1. The Morgan fingerprint density at radius 3 is 2.38 bits per heavy atom. The van der Waals surface area contributed by atoms with E-state index in [0.29, 0.717) is 17.0 Å². The normalized spacial score (nSPS) is 21.3. The first-order chi connectivity index (χ1) is 15.9. The molecule has 178 valence electrons. The van der Waals surface area contributed by atoms with Crippen LogP contribution in [0.15, 0.2) is 36.4 Å². The van der Waals surface area contributed by atoms with Gasteiger partial charge >= 0.3 is 6.18 Å². The number of hydrogen-bond acceptors (Lipinski definition) is 4. The van der Waals surface area contributed by atoms with Crippen LogP contribution in [0.1, 0.15) is 56.6 Å². The number of carbonyl (C=O) groups is 4.